The van der Waals surface area contributed by atoms with Crippen molar-refractivity contribution in [3.05, 3.63) is 29.8 Å². The molecule has 1 aromatic rings. The molecule has 5 rings (SSSR count). The van der Waals surface area contributed by atoms with Gasteiger partial charge in [0.25, 0.3) is 0 Å². The van der Waals surface area contributed by atoms with Gasteiger partial charge in [-0.25, -0.2) is 0 Å². The van der Waals surface area contributed by atoms with Crippen LogP contribution < -0.4 is 10.6 Å². The summed E-state index contributed by atoms with van der Waals surface area (Å²) in [5, 5.41) is 19.5. The second kappa shape index (κ2) is 5.18. The van der Waals surface area contributed by atoms with E-state index in [9.17, 15) is 5.11 Å². The molecule has 0 spiro atoms. The van der Waals surface area contributed by atoms with Crippen LogP contribution in [0.15, 0.2) is 24.3 Å². The van der Waals surface area contributed by atoms with Crippen molar-refractivity contribution in [3.8, 4) is 0 Å². The first kappa shape index (κ1) is 14.2. The van der Waals surface area contributed by atoms with E-state index < -0.39 is 0 Å². The summed E-state index contributed by atoms with van der Waals surface area (Å²) in [6, 6.07) is 9.24. The molecule has 3 fully saturated rings. The summed E-state index contributed by atoms with van der Waals surface area (Å²) in [5.74, 6) is 0. The minimum Gasteiger partial charge on any atom is -0.393 e. The zero-order valence-corrected chi connectivity index (χ0v) is 13.4. The number of benzene rings is 1. The van der Waals surface area contributed by atoms with E-state index in [-0.39, 0.29) is 17.9 Å². The van der Waals surface area contributed by atoms with Gasteiger partial charge in [0, 0.05) is 29.9 Å². The molecule has 0 aromatic heterocycles. The fourth-order valence-corrected chi connectivity index (χ4v) is 5.10. The summed E-state index contributed by atoms with van der Waals surface area (Å²) in [6.45, 7) is 0.970. The molecule has 23 heavy (non-hydrogen) atoms. The molecule has 4 aliphatic rings. The highest BCUT2D eigenvalue weighted by Gasteiger charge is 2.55. The maximum Gasteiger partial charge on any atom is 0.151 e. The number of hydroxylamine groups is 2. The molecule has 124 valence electrons. The second-order valence-electron chi connectivity index (χ2n) is 7.53. The van der Waals surface area contributed by atoms with Crippen molar-refractivity contribution in [3.63, 3.8) is 0 Å². The van der Waals surface area contributed by atoms with E-state index in [2.05, 4.69) is 40.0 Å². The molecule has 3 saturated heterocycles. The number of nitrogens with zero attached hydrogens (tertiary/aromatic N) is 1. The van der Waals surface area contributed by atoms with Crippen LogP contribution in [0, 0.1) is 0 Å². The van der Waals surface area contributed by atoms with E-state index in [1.54, 1.807) is 0 Å². The quantitative estimate of drug-likeness (QED) is 0.779. The van der Waals surface area contributed by atoms with Gasteiger partial charge in [0.2, 0.25) is 0 Å². The van der Waals surface area contributed by atoms with Crippen molar-refractivity contribution in [2.75, 3.05) is 11.9 Å². The van der Waals surface area contributed by atoms with Crippen LogP contribution in [-0.4, -0.2) is 41.1 Å². The Balaban J connectivity index is 1.49. The van der Waals surface area contributed by atoms with E-state index in [1.165, 1.54) is 17.7 Å². The van der Waals surface area contributed by atoms with Gasteiger partial charge in [0.15, 0.2) is 5.60 Å². The fourth-order valence-electron chi connectivity index (χ4n) is 5.10. The number of aliphatic hydroxyl groups is 1. The summed E-state index contributed by atoms with van der Waals surface area (Å²) in [6.07, 6.45) is 6.19. The lowest BCUT2D eigenvalue weighted by Gasteiger charge is -2.49. The first-order chi connectivity index (χ1) is 11.3. The lowest BCUT2D eigenvalue weighted by atomic mass is 9.84. The standard InChI is InChI=1S/C18H25N3O2/c22-14-10-12-4-3-5-13(11-14)21(12)23-18-8-9-19-17(18)20-16-7-2-1-6-15(16)18/h1-2,6-7,12-14,17,19-20,22H,3-5,8-11H2. The average molecular weight is 315 g/mol. The van der Waals surface area contributed by atoms with Gasteiger partial charge in [0.1, 0.15) is 6.17 Å². The molecule has 3 N–H and O–H groups in total. The Labute approximate surface area is 137 Å². The molecule has 2 bridgehead atoms. The Kier molecular flexibility index (Phi) is 3.20. The minimum absolute atomic E-state index is 0.146. The normalized spacial score (nSPS) is 42.1. The van der Waals surface area contributed by atoms with Crippen LogP contribution in [0.1, 0.15) is 44.1 Å². The summed E-state index contributed by atoms with van der Waals surface area (Å²) in [5.41, 5.74) is 2.17. The third-order valence-corrected chi connectivity index (χ3v) is 6.15. The molecule has 5 heteroatoms. The lowest BCUT2D eigenvalue weighted by Crippen LogP contribution is -2.57. The lowest BCUT2D eigenvalue weighted by molar-refractivity contribution is -0.314. The zero-order valence-electron chi connectivity index (χ0n) is 13.4. The molecular weight excluding hydrogens is 290 g/mol. The van der Waals surface area contributed by atoms with E-state index in [0.29, 0.717) is 12.1 Å². The molecule has 0 aliphatic carbocycles. The van der Waals surface area contributed by atoms with Crippen molar-refractivity contribution in [2.24, 2.45) is 0 Å². The Morgan fingerprint density at radius 3 is 2.78 bits per heavy atom. The molecule has 0 radical (unpaired) electrons. The monoisotopic (exact) mass is 315 g/mol. The van der Waals surface area contributed by atoms with Crippen LogP contribution >= 0.6 is 0 Å². The van der Waals surface area contributed by atoms with Crippen LogP contribution in [0.5, 0.6) is 0 Å². The maximum atomic E-state index is 10.1. The molecule has 1 aromatic carbocycles. The van der Waals surface area contributed by atoms with Crippen LogP contribution in [0.3, 0.4) is 0 Å². The maximum absolute atomic E-state index is 10.1. The number of rotatable bonds is 2. The zero-order chi connectivity index (χ0) is 15.4. The third kappa shape index (κ3) is 2.07. The van der Waals surface area contributed by atoms with E-state index >= 15 is 0 Å². The molecule has 0 saturated carbocycles. The number of aliphatic hydroxyl groups excluding tert-OH is 1. The second-order valence-corrected chi connectivity index (χ2v) is 7.53. The number of fused-ring (bicyclic) bond motifs is 5. The van der Waals surface area contributed by atoms with E-state index in [1.807, 2.05) is 0 Å². The molecule has 5 nitrogen and oxygen atoms in total. The highest BCUT2D eigenvalue weighted by molar-refractivity contribution is 5.61. The largest absolute Gasteiger partial charge is 0.393 e. The van der Waals surface area contributed by atoms with Gasteiger partial charge in [-0.15, -0.1) is 0 Å². The Bertz CT molecular complexity index is 596. The van der Waals surface area contributed by atoms with Crippen LogP contribution in [-0.2, 0) is 10.4 Å². The smallest absolute Gasteiger partial charge is 0.151 e. The predicted octanol–water partition coefficient (Wildman–Crippen LogP) is 1.94. The Morgan fingerprint density at radius 2 is 1.96 bits per heavy atom. The molecular formula is C18H25N3O2. The third-order valence-electron chi connectivity index (χ3n) is 6.15. The van der Waals surface area contributed by atoms with Crippen LogP contribution in [0.4, 0.5) is 5.69 Å². The fraction of sp³-hybridized carbons (Fsp3) is 0.667. The summed E-state index contributed by atoms with van der Waals surface area (Å²) >= 11 is 0. The molecule has 4 unspecified atom stereocenters. The number of hydrogen-bond acceptors (Lipinski definition) is 5. The van der Waals surface area contributed by atoms with E-state index in [4.69, 9.17) is 4.84 Å². The number of para-hydroxylation sites is 1. The van der Waals surface area contributed by atoms with Crippen LogP contribution in [0.2, 0.25) is 0 Å². The van der Waals surface area contributed by atoms with Gasteiger partial charge >= 0.3 is 0 Å². The Hall–Kier alpha value is -1.14. The number of anilines is 1. The number of nitrogens with one attached hydrogen (secondary N) is 2. The molecule has 4 atom stereocenters. The minimum atomic E-state index is -0.299. The number of hydrogen-bond donors (Lipinski definition) is 3. The highest BCUT2D eigenvalue weighted by atomic mass is 16.7. The van der Waals surface area contributed by atoms with E-state index in [0.717, 1.165) is 38.6 Å². The van der Waals surface area contributed by atoms with Crippen molar-refractivity contribution < 1.29 is 9.94 Å². The van der Waals surface area contributed by atoms with Crippen molar-refractivity contribution in [1.29, 1.82) is 0 Å². The van der Waals surface area contributed by atoms with Gasteiger partial charge in [-0.05, 0) is 38.2 Å². The summed E-state index contributed by atoms with van der Waals surface area (Å²) in [7, 11) is 0. The van der Waals surface area contributed by atoms with Gasteiger partial charge in [0.05, 0.1) is 6.10 Å². The first-order valence-electron chi connectivity index (χ1n) is 9.01. The van der Waals surface area contributed by atoms with Gasteiger partial charge < -0.3 is 10.4 Å². The van der Waals surface area contributed by atoms with Crippen molar-refractivity contribution >= 4 is 5.69 Å². The van der Waals surface area contributed by atoms with Gasteiger partial charge in [-0.2, -0.15) is 5.06 Å². The molecule has 4 aliphatic heterocycles. The Morgan fingerprint density at radius 1 is 1.17 bits per heavy atom. The number of piperidine rings is 2. The highest BCUT2D eigenvalue weighted by Crippen LogP contribution is 2.48. The SMILES string of the molecule is OC1CC2CCCC(C1)N2OC12CCNC1Nc1ccccc12. The van der Waals surface area contributed by atoms with Crippen molar-refractivity contribution in [1.82, 2.24) is 10.4 Å². The average Bonchev–Trinajstić information content (AvgIpc) is 3.04. The molecule has 4 heterocycles. The summed E-state index contributed by atoms with van der Waals surface area (Å²) in [4.78, 5) is 6.80. The topological polar surface area (TPSA) is 56.8 Å². The van der Waals surface area contributed by atoms with Crippen LogP contribution in [0.25, 0.3) is 0 Å². The van der Waals surface area contributed by atoms with Gasteiger partial charge in [-0.3, -0.25) is 10.2 Å². The van der Waals surface area contributed by atoms with Gasteiger partial charge in [-0.1, -0.05) is 24.6 Å². The first-order valence-corrected chi connectivity index (χ1v) is 9.01. The van der Waals surface area contributed by atoms with Crippen molar-refractivity contribution in [2.45, 2.75) is 68.5 Å². The predicted molar refractivity (Wildman–Crippen MR) is 87.7 cm³/mol. The molecule has 0 amide bonds. The summed E-state index contributed by atoms with van der Waals surface area (Å²) < 4.78 is 0.